The van der Waals surface area contributed by atoms with Gasteiger partial charge in [0.15, 0.2) is 5.79 Å². The minimum atomic E-state index is -3.41. The Hall–Kier alpha value is 0.160. The van der Waals surface area contributed by atoms with Crippen molar-refractivity contribution >= 4 is 19.7 Å². The molecule has 0 aromatic heterocycles. The molecule has 0 aromatic carbocycles. The van der Waals surface area contributed by atoms with Gasteiger partial charge in [0, 0.05) is 23.5 Å². The number of halogens is 1. The van der Waals surface area contributed by atoms with Gasteiger partial charge in [-0.2, -0.15) is 0 Å². The Bertz CT molecular complexity index is 297. The van der Waals surface area contributed by atoms with E-state index in [4.69, 9.17) is 20.2 Å². The van der Waals surface area contributed by atoms with Crippen molar-refractivity contribution in [3.63, 3.8) is 0 Å². The lowest BCUT2D eigenvalue weighted by Gasteiger charge is -2.33. The lowest BCUT2D eigenvalue weighted by molar-refractivity contribution is -0.176. The fraction of sp³-hybridized carbons (Fsp3) is 1.00. The molecule has 0 atom stereocenters. The molecule has 2 rings (SSSR count). The van der Waals surface area contributed by atoms with Crippen molar-refractivity contribution in [1.82, 2.24) is 0 Å². The Morgan fingerprint density at radius 3 is 2.07 bits per heavy atom. The molecule has 6 heteroatoms. The average Bonchev–Trinajstić information content (AvgIpc) is 2.53. The average molecular weight is 241 g/mol. The third kappa shape index (κ3) is 2.05. The summed E-state index contributed by atoms with van der Waals surface area (Å²) >= 11 is 0. The lowest BCUT2D eigenvalue weighted by atomic mass is 9.94. The van der Waals surface area contributed by atoms with E-state index in [-0.39, 0.29) is 0 Å². The molecule has 0 N–H and O–H groups in total. The van der Waals surface area contributed by atoms with Crippen LogP contribution in [0, 0.1) is 0 Å². The highest BCUT2D eigenvalue weighted by Gasteiger charge is 2.43. The summed E-state index contributed by atoms with van der Waals surface area (Å²) in [6, 6.07) is 0. The number of rotatable bonds is 1. The smallest absolute Gasteiger partial charge is 0.235 e. The van der Waals surface area contributed by atoms with Crippen LogP contribution in [0.15, 0.2) is 0 Å². The van der Waals surface area contributed by atoms with E-state index >= 15 is 0 Å². The standard InChI is InChI=1S/C8H13ClO4S/c9-14(10,11)7-1-3-8(4-2-7)12-5-6-13-8/h7H,1-6H2. The van der Waals surface area contributed by atoms with Gasteiger partial charge in [-0.3, -0.25) is 0 Å². The van der Waals surface area contributed by atoms with Crippen molar-refractivity contribution in [1.29, 1.82) is 0 Å². The van der Waals surface area contributed by atoms with Crippen LogP contribution in [-0.2, 0) is 18.5 Å². The number of hydrogen-bond acceptors (Lipinski definition) is 4. The second-order valence-corrected chi connectivity index (χ2v) is 6.69. The zero-order valence-corrected chi connectivity index (χ0v) is 9.31. The predicted octanol–water partition coefficient (Wildman–Crippen LogP) is 1.24. The highest BCUT2D eigenvalue weighted by molar-refractivity contribution is 8.14. The van der Waals surface area contributed by atoms with E-state index in [1.165, 1.54) is 0 Å². The van der Waals surface area contributed by atoms with Gasteiger partial charge in [0.2, 0.25) is 9.05 Å². The van der Waals surface area contributed by atoms with Crippen LogP contribution in [-0.4, -0.2) is 32.7 Å². The van der Waals surface area contributed by atoms with E-state index in [1.807, 2.05) is 0 Å². The highest BCUT2D eigenvalue weighted by atomic mass is 35.7. The maximum absolute atomic E-state index is 11.1. The summed E-state index contributed by atoms with van der Waals surface area (Å²) in [5.41, 5.74) is 0. The molecule has 1 aliphatic heterocycles. The minimum Gasteiger partial charge on any atom is -0.348 e. The molecular weight excluding hydrogens is 228 g/mol. The Balaban J connectivity index is 1.98. The van der Waals surface area contributed by atoms with Gasteiger partial charge in [-0.15, -0.1) is 0 Å². The SMILES string of the molecule is O=S(=O)(Cl)C1CCC2(CC1)OCCO2. The van der Waals surface area contributed by atoms with Gasteiger partial charge in [-0.1, -0.05) is 0 Å². The third-order valence-corrected chi connectivity index (χ3v) is 4.93. The first-order valence-corrected chi connectivity index (χ1v) is 7.11. The first-order valence-electron chi connectivity index (χ1n) is 4.73. The zero-order valence-electron chi connectivity index (χ0n) is 7.74. The van der Waals surface area contributed by atoms with Crippen molar-refractivity contribution in [2.24, 2.45) is 0 Å². The van der Waals surface area contributed by atoms with Gasteiger partial charge in [-0.25, -0.2) is 8.42 Å². The van der Waals surface area contributed by atoms with E-state index in [2.05, 4.69) is 0 Å². The second kappa shape index (κ2) is 3.63. The summed E-state index contributed by atoms with van der Waals surface area (Å²) in [5.74, 6) is -0.502. The van der Waals surface area contributed by atoms with Crippen molar-refractivity contribution in [2.45, 2.75) is 36.7 Å². The molecule has 1 saturated carbocycles. The van der Waals surface area contributed by atoms with Gasteiger partial charge in [0.1, 0.15) is 0 Å². The van der Waals surface area contributed by atoms with Gasteiger partial charge in [0.25, 0.3) is 0 Å². The molecule has 0 bridgehead atoms. The van der Waals surface area contributed by atoms with Crippen LogP contribution in [0.5, 0.6) is 0 Å². The van der Waals surface area contributed by atoms with Crippen LogP contribution in [0.25, 0.3) is 0 Å². The maximum Gasteiger partial charge on any atom is 0.235 e. The lowest BCUT2D eigenvalue weighted by Crippen LogP contribution is -2.38. The molecule has 2 aliphatic rings. The molecule has 0 aromatic rings. The summed E-state index contributed by atoms with van der Waals surface area (Å²) in [6.45, 7) is 1.22. The molecule has 1 saturated heterocycles. The maximum atomic E-state index is 11.1. The van der Waals surface area contributed by atoms with Gasteiger partial charge >= 0.3 is 0 Å². The van der Waals surface area contributed by atoms with Crippen LogP contribution >= 0.6 is 10.7 Å². The fourth-order valence-electron chi connectivity index (χ4n) is 2.10. The van der Waals surface area contributed by atoms with Gasteiger partial charge < -0.3 is 9.47 Å². The number of hydrogen-bond donors (Lipinski definition) is 0. The molecule has 1 aliphatic carbocycles. The van der Waals surface area contributed by atoms with Crippen LogP contribution in [0.3, 0.4) is 0 Å². The fourth-order valence-corrected chi connectivity index (χ4v) is 3.43. The minimum absolute atomic E-state index is 0.428. The van der Waals surface area contributed by atoms with Crippen molar-refractivity contribution in [3.05, 3.63) is 0 Å². The topological polar surface area (TPSA) is 52.6 Å². The molecule has 0 radical (unpaired) electrons. The molecule has 1 heterocycles. The Morgan fingerprint density at radius 1 is 1.14 bits per heavy atom. The first-order chi connectivity index (χ1) is 6.52. The predicted molar refractivity (Wildman–Crippen MR) is 51.7 cm³/mol. The second-order valence-electron chi connectivity index (χ2n) is 3.78. The number of ether oxygens (including phenoxy) is 2. The van der Waals surface area contributed by atoms with Crippen molar-refractivity contribution in [3.8, 4) is 0 Å². The molecule has 14 heavy (non-hydrogen) atoms. The van der Waals surface area contributed by atoms with Gasteiger partial charge in [0.05, 0.1) is 18.5 Å². The van der Waals surface area contributed by atoms with Crippen LogP contribution in [0.2, 0.25) is 0 Å². The van der Waals surface area contributed by atoms with Gasteiger partial charge in [-0.05, 0) is 12.8 Å². The summed E-state index contributed by atoms with van der Waals surface area (Å²) in [5, 5.41) is -0.428. The Labute approximate surface area is 87.9 Å². The summed E-state index contributed by atoms with van der Waals surface area (Å²) in [6.07, 6.45) is 2.32. The van der Waals surface area contributed by atoms with Crippen LogP contribution in [0.4, 0.5) is 0 Å². The van der Waals surface area contributed by atoms with Crippen LogP contribution in [0.1, 0.15) is 25.7 Å². The molecule has 0 unspecified atom stereocenters. The van der Waals surface area contributed by atoms with Crippen molar-refractivity contribution < 1.29 is 17.9 Å². The summed E-state index contributed by atoms with van der Waals surface area (Å²) in [4.78, 5) is 0. The van der Waals surface area contributed by atoms with Crippen molar-refractivity contribution in [2.75, 3.05) is 13.2 Å². The largest absolute Gasteiger partial charge is 0.348 e. The molecule has 0 amide bonds. The Kier molecular flexibility index (Phi) is 2.76. The quantitative estimate of drug-likeness (QED) is 0.647. The highest BCUT2D eigenvalue weighted by Crippen LogP contribution is 2.38. The van der Waals surface area contributed by atoms with Crippen LogP contribution < -0.4 is 0 Å². The molecule has 2 fully saturated rings. The summed E-state index contributed by atoms with van der Waals surface area (Å²) in [7, 11) is 1.89. The normalized spacial score (nSPS) is 28.4. The Morgan fingerprint density at radius 2 is 1.64 bits per heavy atom. The molecule has 4 nitrogen and oxygen atoms in total. The van der Waals surface area contributed by atoms with E-state index in [1.54, 1.807) is 0 Å². The van der Waals surface area contributed by atoms with E-state index < -0.39 is 20.1 Å². The first kappa shape index (κ1) is 10.7. The summed E-state index contributed by atoms with van der Waals surface area (Å²) < 4.78 is 33.1. The molecular formula is C8H13ClO4S. The van der Waals surface area contributed by atoms with E-state index in [0.717, 1.165) is 0 Å². The molecule has 1 spiro atoms. The molecule has 82 valence electrons. The zero-order chi connectivity index (χ0) is 10.2. The third-order valence-electron chi connectivity index (χ3n) is 2.91. The monoisotopic (exact) mass is 240 g/mol. The van der Waals surface area contributed by atoms with E-state index in [0.29, 0.717) is 38.9 Å². The van der Waals surface area contributed by atoms with E-state index in [9.17, 15) is 8.42 Å².